The number of hydrogen-bond donors (Lipinski definition) is 1. The van der Waals surface area contributed by atoms with Crippen LogP contribution in [0.4, 0.5) is 0 Å². The van der Waals surface area contributed by atoms with Gasteiger partial charge in [0.25, 0.3) is 0 Å². The molecule has 2 heterocycles. The minimum atomic E-state index is 0.0752. The number of carbonyl (C=O) groups excluding carboxylic acids is 1. The summed E-state index contributed by atoms with van der Waals surface area (Å²) in [7, 11) is 0. The van der Waals surface area contributed by atoms with Crippen molar-refractivity contribution >= 4 is 5.78 Å². The van der Waals surface area contributed by atoms with Crippen molar-refractivity contribution in [1.29, 1.82) is 0 Å². The first-order valence-corrected chi connectivity index (χ1v) is 22.1. The predicted octanol–water partition coefficient (Wildman–Crippen LogP) is 14.3. The van der Waals surface area contributed by atoms with Crippen molar-refractivity contribution in [2.24, 2.45) is 0 Å². The number of pyridine rings is 2. The number of carbonyl (C=O) groups is 1. The molecule has 5 rings (SSSR count). The van der Waals surface area contributed by atoms with Crippen molar-refractivity contribution in [3.8, 4) is 22.5 Å². The van der Waals surface area contributed by atoms with E-state index in [2.05, 4.69) is 72.8 Å². The molecule has 0 amide bonds. The fourth-order valence-electron chi connectivity index (χ4n) is 8.07. The van der Waals surface area contributed by atoms with Gasteiger partial charge < -0.3 is 5.11 Å². The smallest absolute Gasteiger partial charge is 0.159 e. The number of hydrogen-bond acceptors (Lipinski definition) is 4. The number of benzene rings is 2. The van der Waals surface area contributed by atoms with Crippen LogP contribution in [0, 0.1) is 0 Å². The lowest BCUT2D eigenvalue weighted by molar-refractivity contribution is -0.114. The molecule has 2 aromatic heterocycles. The van der Waals surface area contributed by atoms with E-state index in [0.29, 0.717) is 12.8 Å². The molecule has 8 bridgehead atoms. The molecule has 0 unspecified atom stereocenters. The summed E-state index contributed by atoms with van der Waals surface area (Å²) in [5.74, 6) is 0.338. The lowest BCUT2D eigenvalue weighted by Crippen LogP contribution is -1.96. The highest BCUT2D eigenvalue weighted by Gasteiger charge is 2.07. The van der Waals surface area contributed by atoms with Crippen molar-refractivity contribution in [2.75, 3.05) is 0 Å². The maximum absolute atomic E-state index is 12.4. The van der Waals surface area contributed by atoms with E-state index in [9.17, 15) is 9.90 Å². The van der Waals surface area contributed by atoms with Gasteiger partial charge in [-0.25, -0.2) is 0 Å². The van der Waals surface area contributed by atoms with E-state index in [4.69, 9.17) is 9.97 Å². The largest absolute Gasteiger partial charge is 0.512 e. The Morgan fingerprint density at radius 2 is 0.727 bits per heavy atom. The summed E-state index contributed by atoms with van der Waals surface area (Å²) in [6, 6.07) is 27.0. The van der Waals surface area contributed by atoms with Crippen LogP contribution in [0.2, 0.25) is 0 Å². The summed E-state index contributed by atoms with van der Waals surface area (Å²) >= 11 is 0. The molecule has 2 aromatic carbocycles. The van der Waals surface area contributed by atoms with Gasteiger partial charge in [-0.1, -0.05) is 126 Å². The number of aliphatic hydroxyl groups excluding tert-OH is 1. The van der Waals surface area contributed by atoms with E-state index >= 15 is 0 Å². The Kier molecular flexibility index (Phi) is 19.3. The SMILES string of the molecule is O=C1C=C(O)CCCCCCCCCc2ccnc(c2)-c2cccc(c2)CCCCCCCCc2cccc(c2)-c2cc(ccn2)CCCCCCCCC1. The zero-order chi connectivity index (χ0) is 38.2. The normalized spacial score (nSPS) is 18.0. The molecule has 4 heteroatoms. The predicted molar refractivity (Wildman–Crippen MR) is 231 cm³/mol. The van der Waals surface area contributed by atoms with Crippen LogP contribution in [0.15, 0.2) is 97.0 Å². The van der Waals surface area contributed by atoms with Crippen molar-refractivity contribution in [2.45, 2.75) is 167 Å². The Morgan fingerprint density at radius 1 is 0.382 bits per heavy atom. The average molecular weight is 741 g/mol. The number of aryl methyl sites for hydroxylation is 4. The molecule has 0 atom stereocenters. The number of ketones is 1. The van der Waals surface area contributed by atoms with E-state index < -0.39 is 0 Å². The molecule has 0 radical (unpaired) electrons. The van der Waals surface area contributed by atoms with Crippen LogP contribution in [-0.2, 0) is 30.5 Å². The van der Waals surface area contributed by atoms with Crippen molar-refractivity contribution in [3.05, 3.63) is 119 Å². The first-order chi connectivity index (χ1) is 27.1. The molecule has 4 nitrogen and oxygen atoms in total. The number of nitrogens with zero attached hydrogens (tertiary/aromatic N) is 2. The lowest BCUT2D eigenvalue weighted by Gasteiger charge is -2.08. The second-order valence-corrected chi connectivity index (χ2v) is 16.2. The zero-order valence-corrected chi connectivity index (χ0v) is 33.8. The Hall–Kier alpha value is -4.05. The second kappa shape index (κ2) is 25.2. The summed E-state index contributed by atoms with van der Waals surface area (Å²) < 4.78 is 0. The number of allylic oxidation sites excluding steroid dienone is 2. The minimum Gasteiger partial charge on any atom is -0.512 e. The van der Waals surface area contributed by atoms with Crippen LogP contribution in [0.1, 0.15) is 164 Å². The van der Waals surface area contributed by atoms with Crippen molar-refractivity contribution in [1.82, 2.24) is 9.97 Å². The summed E-state index contributed by atoms with van der Waals surface area (Å²) in [5.41, 5.74) is 10.2. The van der Waals surface area contributed by atoms with Crippen LogP contribution in [0.3, 0.4) is 0 Å². The van der Waals surface area contributed by atoms with Gasteiger partial charge in [0.15, 0.2) is 5.78 Å². The second-order valence-electron chi connectivity index (χ2n) is 16.2. The maximum atomic E-state index is 12.4. The highest BCUT2D eigenvalue weighted by Crippen LogP contribution is 2.24. The molecule has 0 fully saturated rings. The van der Waals surface area contributed by atoms with Gasteiger partial charge in [-0.15, -0.1) is 0 Å². The number of aliphatic hydroxyl groups is 1. The third-order valence-corrected chi connectivity index (χ3v) is 11.4. The first kappa shape index (κ1) is 42.1. The number of rotatable bonds is 0. The third kappa shape index (κ3) is 16.7. The van der Waals surface area contributed by atoms with E-state index in [1.807, 2.05) is 12.4 Å². The van der Waals surface area contributed by atoms with Gasteiger partial charge in [0.1, 0.15) is 0 Å². The molecule has 1 N–H and O–H groups in total. The van der Waals surface area contributed by atoms with E-state index in [1.54, 1.807) is 0 Å². The minimum absolute atomic E-state index is 0.0752. The molecule has 55 heavy (non-hydrogen) atoms. The molecular formula is C51H68N2O2. The highest BCUT2D eigenvalue weighted by molar-refractivity contribution is 5.89. The standard InChI is InChI=1S/C51H68N2O2/c54-48-31-19-13-5-1-3-9-17-25-44-33-35-52-50(39-44)46-29-21-27-42(37-46)23-15-11-7-8-12-16-24-43-28-22-30-47(38-43)51-40-45(34-36-53-51)26-18-10-4-2-6-14-20-32-49(55)41-48/h21-22,27-30,33-41,54H,1-20,23-26,31-32H2. The van der Waals surface area contributed by atoms with Crippen molar-refractivity contribution in [3.63, 3.8) is 0 Å². The van der Waals surface area contributed by atoms with Gasteiger partial charge in [-0.3, -0.25) is 14.8 Å². The Labute approximate surface area is 333 Å². The van der Waals surface area contributed by atoms with Gasteiger partial charge >= 0.3 is 0 Å². The third-order valence-electron chi connectivity index (χ3n) is 11.4. The summed E-state index contributed by atoms with van der Waals surface area (Å²) in [5, 5.41) is 10.3. The van der Waals surface area contributed by atoms with Gasteiger partial charge in [0, 0.05) is 42.4 Å². The van der Waals surface area contributed by atoms with E-state index in [1.165, 1.54) is 142 Å². The van der Waals surface area contributed by atoms with E-state index in [-0.39, 0.29) is 11.5 Å². The summed E-state index contributed by atoms with van der Waals surface area (Å²) in [6.07, 6.45) is 35.0. The van der Waals surface area contributed by atoms with Crippen LogP contribution >= 0.6 is 0 Å². The molecule has 0 saturated carbocycles. The van der Waals surface area contributed by atoms with Gasteiger partial charge in [0.2, 0.25) is 0 Å². The Balaban J connectivity index is 1.10. The van der Waals surface area contributed by atoms with Crippen LogP contribution < -0.4 is 0 Å². The highest BCUT2D eigenvalue weighted by atomic mass is 16.3. The molecule has 4 aromatic rings. The van der Waals surface area contributed by atoms with Gasteiger partial charge in [-0.2, -0.15) is 0 Å². The number of aromatic nitrogens is 2. The molecule has 1 aliphatic rings. The topological polar surface area (TPSA) is 63.1 Å². The molecule has 0 spiro atoms. The van der Waals surface area contributed by atoms with Crippen LogP contribution in [0.5, 0.6) is 0 Å². The quantitative estimate of drug-likeness (QED) is 0.195. The molecular weight excluding hydrogens is 673 g/mol. The lowest BCUT2D eigenvalue weighted by atomic mass is 9.99. The summed E-state index contributed by atoms with van der Waals surface area (Å²) in [6.45, 7) is 0. The molecule has 0 aliphatic heterocycles. The average Bonchev–Trinajstić information content (AvgIpc) is 3.20. The van der Waals surface area contributed by atoms with Crippen LogP contribution in [-0.4, -0.2) is 20.9 Å². The van der Waals surface area contributed by atoms with Crippen molar-refractivity contribution < 1.29 is 9.90 Å². The monoisotopic (exact) mass is 741 g/mol. The van der Waals surface area contributed by atoms with Crippen LogP contribution in [0.25, 0.3) is 22.5 Å². The van der Waals surface area contributed by atoms with Gasteiger partial charge in [-0.05, 0) is 123 Å². The fraction of sp³-hybridized carbons (Fsp3) is 0.510. The summed E-state index contributed by atoms with van der Waals surface area (Å²) in [4.78, 5) is 21.8. The van der Waals surface area contributed by atoms with Gasteiger partial charge in [0.05, 0.1) is 17.1 Å². The number of fused-ring (bicyclic) bond motifs is 10. The first-order valence-electron chi connectivity index (χ1n) is 22.1. The van der Waals surface area contributed by atoms with E-state index in [0.717, 1.165) is 62.8 Å². The zero-order valence-electron chi connectivity index (χ0n) is 33.8. The fourth-order valence-corrected chi connectivity index (χ4v) is 8.07. The molecule has 294 valence electrons. The molecule has 0 saturated heterocycles. The molecule has 1 aliphatic carbocycles. The Bertz CT molecular complexity index is 1730. The maximum Gasteiger partial charge on any atom is 0.159 e. The Morgan fingerprint density at radius 3 is 1.15 bits per heavy atom.